The first kappa shape index (κ1) is 39.8. The van der Waals surface area contributed by atoms with E-state index in [0.29, 0.717) is 63.8 Å². The van der Waals surface area contributed by atoms with Crippen LogP contribution in [0.1, 0.15) is 94.2 Å². The number of rotatable bonds is 10. The predicted octanol–water partition coefficient (Wildman–Crippen LogP) is 5.04. The fourth-order valence-corrected chi connectivity index (χ4v) is 10.4. The minimum atomic E-state index is -3.81. The maximum atomic E-state index is 13.9. The Hall–Kier alpha value is -5.00. The minimum Gasteiger partial charge on any atom is -0.490 e. The van der Waals surface area contributed by atoms with Crippen LogP contribution in [-0.2, 0) is 19.6 Å². The van der Waals surface area contributed by atoms with Crippen LogP contribution < -0.4 is 25.8 Å². The molecule has 5 heterocycles. The van der Waals surface area contributed by atoms with Gasteiger partial charge in [-0.3, -0.25) is 24.3 Å². The normalized spacial score (nSPS) is 24.1. The highest BCUT2D eigenvalue weighted by Gasteiger charge is 2.40. The number of sulfonamides is 1. The van der Waals surface area contributed by atoms with E-state index < -0.39 is 39.2 Å². The fraction of sp³-hybridized carbons (Fsp3) is 0.488. The highest BCUT2D eigenvalue weighted by atomic mass is 32.2. The molecule has 8 rings (SSSR count). The summed E-state index contributed by atoms with van der Waals surface area (Å²) >= 11 is 0. The van der Waals surface area contributed by atoms with E-state index in [1.54, 1.807) is 25.1 Å². The van der Waals surface area contributed by atoms with Crippen LogP contribution in [0.2, 0.25) is 0 Å². The van der Waals surface area contributed by atoms with Gasteiger partial charge in [-0.1, -0.05) is 18.2 Å². The van der Waals surface area contributed by atoms with Crippen molar-refractivity contribution in [3.05, 3.63) is 82.3 Å². The number of anilines is 2. The Bertz CT molecular complexity index is 2380. The molecular formula is C41H47F2N7O7S. The van der Waals surface area contributed by atoms with Gasteiger partial charge in [-0.05, 0) is 87.4 Å². The van der Waals surface area contributed by atoms with Crippen molar-refractivity contribution in [1.29, 1.82) is 0 Å². The lowest BCUT2D eigenvalue weighted by molar-refractivity contribution is -0.134. The third-order valence-electron chi connectivity index (χ3n) is 12.1. The van der Waals surface area contributed by atoms with Crippen molar-refractivity contribution in [3.63, 3.8) is 0 Å². The Kier molecular flexibility index (Phi) is 11.0. The van der Waals surface area contributed by atoms with Crippen LogP contribution in [0.15, 0.2) is 70.5 Å². The molecule has 1 aliphatic carbocycles. The number of pyridine rings is 1. The molecule has 0 bridgehead atoms. The lowest BCUT2D eigenvalue weighted by atomic mass is 9.90. The Balaban J connectivity index is 0.883. The second-order valence-corrected chi connectivity index (χ2v) is 18.0. The SMILES string of the molecule is C[C@@]1(O)CCC[C@H]1n1c(=O)c(C(F)F)cc2cnc(NC3CCN(S(=O)(=O)c4cccc(N5CCC(Oc6cccc(C7CCC(=O)NC7=O)c6)CC5)c4)CC3)nc21. The molecule has 2 aromatic heterocycles. The van der Waals surface area contributed by atoms with E-state index in [1.165, 1.54) is 15.1 Å². The summed E-state index contributed by atoms with van der Waals surface area (Å²) in [5, 5.41) is 17.0. The molecule has 308 valence electrons. The molecule has 3 atom stereocenters. The van der Waals surface area contributed by atoms with E-state index in [-0.39, 0.29) is 64.8 Å². The third kappa shape index (κ3) is 8.03. The zero-order valence-electron chi connectivity index (χ0n) is 32.1. The van der Waals surface area contributed by atoms with Crippen LogP contribution in [0.4, 0.5) is 20.4 Å². The molecule has 1 saturated carbocycles. The van der Waals surface area contributed by atoms with Crippen LogP contribution in [-0.4, -0.2) is 88.1 Å². The summed E-state index contributed by atoms with van der Waals surface area (Å²) < 4.78 is 64.5. The van der Waals surface area contributed by atoms with Gasteiger partial charge in [-0.2, -0.15) is 9.29 Å². The van der Waals surface area contributed by atoms with Crippen LogP contribution >= 0.6 is 0 Å². The topological polar surface area (TPSA) is 176 Å². The van der Waals surface area contributed by atoms with Crippen molar-refractivity contribution >= 4 is 44.5 Å². The Morgan fingerprint density at radius 1 is 0.966 bits per heavy atom. The summed E-state index contributed by atoms with van der Waals surface area (Å²) in [6.07, 6.45) is 2.96. The smallest absolute Gasteiger partial charge is 0.269 e. The molecule has 0 spiro atoms. The average Bonchev–Trinajstić information content (AvgIpc) is 3.56. The molecule has 58 heavy (non-hydrogen) atoms. The number of alkyl halides is 2. The van der Waals surface area contributed by atoms with Gasteiger partial charge in [-0.25, -0.2) is 22.2 Å². The van der Waals surface area contributed by atoms with Gasteiger partial charge in [0.2, 0.25) is 27.8 Å². The number of imide groups is 1. The summed E-state index contributed by atoms with van der Waals surface area (Å²) in [5.74, 6) is -0.0733. The summed E-state index contributed by atoms with van der Waals surface area (Å²) in [6, 6.07) is 14.7. The number of benzene rings is 2. The van der Waals surface area contributed by atoms with Gasteiger partial charge in [0.05, 0.1) is 28.0 Å². The first-order valence-electron chi connectivity index (χ1n) is 19.9. The maximum absolute atomic E-state index is 13.9. The number of piperidine rings is 3. The van der Waals surface area contributed by atoms with Crippen LogP contribution in [0.5, 0.6) is 5.75 Å². The molecule has 4 aromatic rings. The predicted molar refractivity (Wildman–Crippen MR) is 212 cm³/mol. The standard InChI is InChI=1S/C41H47F2N7O7S/c1-41(54)16-4-9-34(41)50-37-26(22-33(36(42)43)39(50)53)24-44-40(47-37)45-27-12-19-49(20-13-27)58(55,56)31-8-3-6-28(23-31)48-17-14-29(15-18-48)57-30-7-2-5-25(21-30)32-10-11-35(51)46-38(32)52/h2-3,5-8,21-24,27,29,32,34,36,54H,4,9-20H2,1H3,(H,44,45,47)(H,46,51,52)/t32?,34-,41-/m1/s1. The number of ether oxygens (including phenoxy) is 1. The molecule has 14 nitrogen and oxygen atoms in total. The second kappa shape index (κ2) is 16.0. The average molecular weight is 820 g/mol. The van der Waals surface area contributed by atoms with Gasteiger partial charge in [0.15, 0.2) is 0 Å². The number of nitrogens with zero attached hydrogens (tertiary/aromatic N) is 5. The van der Waals surface area contributed by atoms with Crippen molar-refractivity contribution in [2.45, 2.75) is 106 Å². The first-order chi connectivity index (χ1) is 27.8. The number of carbonyl (C=O) groups excluding carboxylic acids is 2. The molecule has 3 N–H and O–H groups in total. The summed E-state index contributed by atoms with van der Waals surface area (Å²) in [4.78, 5) is 48.6. The van der Waals surface area contributed by atoms with Crippen molar-refractivity contribution < 1.29 is 36.6 Å². The van der Waals surface area contributed by atoms with Crippen molar-refractivity contribution in [3.8, 4) is 5.75 Å². The molecule has 17 heteroatoms. The molecule has 2 aromatic carbocycles. The van der Waals surface area contributed by atoms with Gasteiger partial charge in [0.25, 0.3) is 12.0 Å². The van der Waals surface area contributed by atoms with Crippen molar-refractivity contribution in [2.75, 3.05) is 36.4 Å². The lowest BCUT2D eigenvalue weighted by Crippen LogP contribution is -2.42. The van der Waals surface area contributed by atoms with Crippen LogP contribution in [0.3, 0.4) is 0 Å². The number of nitrogens with one attached hydrogen (secondary N) is 2. The molecular weight excluding hydrogens is 773 g/mol. The van der Waals surface area contributed by atoms with E-state index in [4.69, 9.17) is 4.74 Å². The monoisotopic (exact) mass is 819 g/mol. The molecule has 0 radical (unpaired) electrons. The van der Waals surface area contributed by atoms with Gasteiger partial charge < -0.3 is 20.1 Å². The number of hydrogen-bond acceptors (Lipinski definition) is 11. The zero-order chi connectivity index (χ0) is 40.8. The van der Waals surface area contributed by atoms with E-state index in [2.05, 4.69) is 25.5 Å². The number of carbonyl (C=O) groups is 2. The lowest BCUT2D eigenvalue weighted by Gasteiger charge is -2.34. The second-order valence-electron chi connectivity index (χ2n) is 16.0. The highest BCUT2D eigenvalue weighted by molar-refractivity contribution is 7.89. The number of fused-ring (bicyclic) bond motifs is 1. The third-order valence-corrected chi connectivity index (χ3v) is 14.0. The van der Waals surface area contributed by atoms with Crippen molar-refractivity contribution in [2.24, 2.45) is 0 Å². The maximum Gasteiger partial charge on any atom is 0.269 e. The molecule has 4 fully saturated rings. The van der Waals surface area contributed by atoms with Crippen LogP contribution in [0, 0.1) is 0 Å². The van der Waals surface area contributed by atoms with E-state index in [1.807, 2.05) is 30.3 Å². The first-order valence-corrected chi connectivity index (χ1v) is 21.4. The van der Waals surface area contributed by atoms with Crippen LogP contribution in [0.25, 0.3) is 11.0 Å². The van der Waals surface area contributed by atoms with E-state index in [9.17, 15) is 36.7 Å². The minimum absolute atomic E-state index is 0.0537. The molecule has 1 unspecified atom stereocenters. The molecule has 4 aliphatic rings. The van der Waals surface area contributed by atoms with Gasteiger partial charge in [0, 0.05) is 68.8 Å². The summed E-state index contributed by atoms with van der Waals surface area (Å²) in [5.41, 5.74) is -1.03. The van der Waals surface area contributed by atoms with E-state index >= 15 is 0 Å². The Morgan fingerprint density at radius 3 is 2.43 bits per heavy atom. The van der Waals surface area contributed by atoms with Gasteiger partial charge >= 0.3 is 0 Å². The number of hydrogen-bond donors (Lipinski definition) is 3. The van der Waals surface area contributed by atoms with Gasteiger partial charge in [0.1, 0.15) is 17.5 Å². The highest BCUT2D eigenvalue weighted by Crippen LogP contribution is 2.40. The Morgan fingerprint density at radius 2 is 1.72 bits per heavy atom. The quantitative estimate of drug-likeness (QED) is 0.183. The number of aromatic nitrogens is 3. The van der Waals surface area contributed by atoms with Gasteiger partial charge in [-0.15, -0.1) is 0 Å². The largest absolute Gasteiger partial charge is 0.490 e. The molecule has 3 saturated heterocycles. The Labute approximate surface area is 334 Å². The zero-order valence-corrected chi connectivity index (χ0v) is 33.0. The summed E-state index contributed by atoms with van der Waals surface area (Å²) in [7, 11) is -3.81. The van der Waals surface area contributed by atoms with Crippen molar-refractivity contribution in [1.82, 2.24) is 24.2 Å². The fourth-order valence-electron chi connectivity index (χ4n) is 8.85. The number of halogens is 2. The van der Waals surface area contributed by atoms with E-state index in [0.717, 1.165) is 30.2 Å². The number of aliphatic hydroxyl groups is 1. The number of amides is 2. The summed E-state index contributed by atoms with van der Waals surface area (Å²) in [6.45, 7) is 3.43. The molecule has 3 aliphatic heterocycles. The molecule has 2 amide bonds.